The van der Waals surface area contributed by atoms with Crippen LogP contribution in [0.1, 0.15) is 25.6 Å². The predicted molar refractivity (Wildman–Crippen MR) is 87.3 cm³/mol. The molecule has 2 aromatic rings. The highest BCUT2D eigenvalue weighted by Crippen LogP contribution is 2.23. The van der Waals surface area contributed by atoms with Gasteiger partial charge in [-0.05, 0) is 26.0 Å². The van der Waals surface area contributed by atoms with E-state index in [1.165, 1.54) is 0 Å². The largest absolute Gasteiger partial charge is 0.459 e. The van der Waals surface area contributed by atoms with E-state index in [1.54, 1.807) is 13.8 Å². The van der Waals surface area contributed by atoms with E-state index in [2.05, 4.69) is 5.32 Å². The van der Waals surface area contributed by atoms with Crippen molar-refractivity contribution in [3.05, 3.63) is 36.1 Å². The van der Waals surface area contributed by atoms with Gasteiger partial charge in [-0.1, -0.05) is 18.2 Å². The Morgan fingerprint density at radius 3 is 2.48 bits per heavy atom. The molecule has 1 N–H and O–H groups in total. The zero-order valence-electron chi connectivity index (χ0n) is 13.8. The molecular weight excluding hydrogens is 326 g/mol. The molecule has 0 spiro atoms. The van der Waals surface area contributed by atoms with Gasteiger partial charge in [0.2, 0.25) is 5.91 Å². The molecule has 0 unspecified atom stereocenters. The van der Waals surface area contributed by atoms with Crippen molar-refractivity contribution < 1.29 is 23.6 Å². The summed E-state index contributed by atoms with van der Waals surface area (Å²) in [6, 6.07) is 8.03. The number of fused-ring (bicyclic) bond motifs is 1. The highest BCUT2D eigenvalue weighted by Gasteiger charge is 2.44. The third-order valence-corrected chi connectivity index (χ3v) is 4.00. The van der Waals surface area contributed by atoms with Crippen LogP contribution in [0.2, 0.25) is 0 Å². The molecule has 8 nitrogen and oxygen atoms in total. The maximum absolute atomic E-state index is 12.2. The van der Waals surface area contributed by atoms with Crippen LogP contribution in [0.15, 0.2) is 34.7 Å². The fourth-order valence-electron chi connectivity index (χ4n) is 2.69. The molecule has 0 bridgehead atoms. The molecule has 0 saturated carbocycles. The number of carbonyl (C=O) groups is 4. The third-order valence-electron chi connectivity index (χ3n) is 4.00. The number of para-hydroxylation sites is 1. The van der Waals surface area contributed by atoms with E-state index >= 15 is 0 Å². The Bertz CT molecular complexity index is 839. The first kappa shape index (κ1) is 16.7. The monoisotopic (exact) mass is 343 g/mol. The highest BCUT2D eigenvalue weighted by atomic mass is 16.3. The Kier molecular flexibility index (Phi) is 4.26. The summed E-state index contributed by atoms with van der Waals surface area (Å²) in [4.78, 5) is 49.0. The van der Waals surface area contributed by atoms with Crippen LogP contribution < -0.4 is 5.32 Å². The maximum atomic E-state index is 12.2. The van der Waals surface area contributed by atoms with Crippen LogP contribution in [-0.2, 0) is 14.4 Å². The summed E-state index contributed by atoms with van der Waals surface area (Å²) in [7, 11) is 0. The summed E-state index contributed by atoms with van der Waals surface area (Å²) in [6.45, 7) is 2.88. The van der Waals surface area contributed by atoms with Gasteiger partial charge in [0.1, 0.15) is 17.9 Å². The average Bonchev–Trinajstić information content (AvgIpc) is 3.10. The molecule has 25 heavy (non-hydrogen) atoms. The number of likely N-dealkylation sites (N-methyl/N-ethyl adjacent to an activating group) is 1. The first-order chi connectivity index (χ1) is 11.9. The molecule has 0 aliphatic carbocycles. The SMILES string of the molecule is CCN1C(=O)C(=O)N(CC(=O)N[C@@H](C)c2cc3ccccc3o2)C1=O. The van der Waals surface area contributed by atoms with Crippen molar-refractivity contribution in [2.75, 3.05) is 13.1 Å². The van der Waals surface area contributed by atoms with Gasteiger partial charge in [0.15, 0.2) is 0 Å². The van der Waals surface area contributed by atoms with Crippen molar-refractivity contribution in [3.63, 3.8) is 0 Å². The summed E-state index contributed by atoms with van der Waals surface area (Å²) in [5.41, 5.74) is 0.702. The van der Waals surface area contributed by atoms with Gasteiger partial charge in [-0.2, -0.15) is 0 Å². The number of urea groups is 1. The van der Waals surface area contributed by atoms with E-state index in [9.17, 15) is 19.2 Å². The number of nitrogens with zero attached hydrogens (tertiary/aromatic N) is 2. The van der Waals surface area contributed by atoms with E-state index in [0.29, 0.717) is 16.2 Å². The molecule has 2 heterocycles. The Balaban J connectivity index is 1.67. The molecule has 1 aliphatic heterocycles. The molecular formula is C17H17N3O5. The van der Waals surface area contributed by atoms with Crippen LogP contribution in [0, 0.1) is 0 Å². The molecule has 1 atom stereocenters. The van der Waals surface area contributed by atoms with Crippen LogP contribution in [-0.4, -0.2) is 46.6 Å². The fraction of sp³-hybridized carbons (Fsp3) is 0.294. The molecule has 1 saturated heterocycles. The maximum Gasteiger partial charge on any atom is 0.334 e. The lowest BCUT2D eigenvalue weighted by Gasteiger charge is -2.16. The number of amides is 5. The standard InChI is InChI=1S/C17H17N3O5/c1-3-19-15(22)16(23)20(17(19)24)9-14(21)18-10(2)13-8-11-6-4-5-7-12(11)25-13/h4-8,10H,3,9H2,1-2H3,(H,18,21)/t10-/m0/s1. The summed E-state index contributed by atoms with van der Waals surface area (Å²) >= 11 is 0. The second kappa shape index (κ2) is 6.39. The van der Waals surface area contributed by atoms with Crippen molar-refractivity contribution in [1.29, 1.82) is 0 Å². The number of furan rings is 1. The summed E-state index contributed by atoms with van der Waals surface area (Å²) < 4.78 is 5.67. The van der Waals surface area contributed by atoms with Crippen molar-refractivity contribution in [2.24, 2.45) is 0 Å². The van der Waals surface area contributed by atoms with Gasteiger partial charge in [0.25, 0.3) is 0 Å². The van der Waals surface area contributed by atoms with E-state index in [-0.39, 0.29) is 6.54 Å². The molecule has 8 heteroatoms. The van der Waals surface area contributed by atoms with Gasteiger partial charge in [-0.3, -0.25) is 19.3 Å². The second-order valence-corrected chi connectivity index (χ2v) is 5.70. The van der Waals surface area contributed by atoms with Crippen molar-refractivity contribution >= 4 is 34.7 Å². The summed E-state index contributed by atoms with van der Waals surface area (Å²) in [5, 5.41) is 3.57. The highest BCUT2D eigenvalue weighted by molar-refractivity contribution is 6.45. The van der Waals surface area contributed by atoms with E-state index < -0.39 is 36.3 Å². The second-order valence-electron chi connectivity index (χ2n) is 5.70. The molecule has 1 aromatic heterocycles. The molecule has 1 aliphatic rings. The normalized spacial score (nSPS) is 16.0. The Morgan fingerprint density at radius 1 is 1.16 bits per heavy atom. The number of hydrogen-bond acceptors (Lipinski definition) is 5. The topological polar surface area (TPSA) is 99.9 Å². The minimum absolute atomic E-state index is 0.0803. The Labute approximate surface area is 143 Å². The zero-order chi connectivity index (χ0) is 18.1. The van der Waals surface area contributed by atoms with Crippen molar-refractivity contribution in [3.8, 4) is 0 Å². The van der Waals surface area contributed by atoms with Crippen LogP contribution in [0.4, 0.5) is 4.79 Å². The minimum Gasteiger partial charge on any atom is -0.459 e. The van der Waals surface area contributed by atoms with Crippen molar-refractivity contribution in [1.82, 2.24) is 15.1 Å². The van der Waals surface area contributed by atoms with E-state index in [1.807, 2.05) is 30.3 Å². The number of carbonyl (C=O) groups excluding carboxylic acids is 4. The number of benzene rings is 1. The van der Waals surface area contributed by atoms with Crippen molar-refractivity contribution in [2.45, 2.75) is 19.9 Å². The number of rotatable bonds is 5. The summed E-state index contributed by atoms with van der Waals surface area (Å²) in [5.74, 6) is -1.90. The molecule has 0 radical (unpaired) electrons. The molecule has 130 valence electrons. The lowest BCUT2D eigenvalue weighted by Crippen LogP contribution is -2.42. The average molecular weight is 343 g/mol. The van der Waals surface area contributed by atoms with Gasteiger partial charge in [-0.25, -0.2) is 9.69 Å². The van der Waals surface area contributed by atoms with E-state index in [0.717, 1.165) is 10.3 Å². The zero-order valence-corrected chi connectivity index (χ0v) is 13.8. The first-order valence-electron chi connectivity index (χ1n) is 7.87. The quantitative estimate of drug-likeness (QED) is 0.654. The fourth-order valence-corrected chi connectivity index (χ4v) is 2.69. The van der Waals surface area contributed by atoms with Crippen LogP contribution in [0.5, 0.6) is 0 Å². The molecule has 1 aromatic carbocycles. The van der Waals surface area contributed by atoms with Crippen LogP contribution in [0.25, 0.3) is 11.0 Å². The number of hydrogen-bond donors (Lipinski definition) is 1. The van der Waals surface area contributed by atoms with Gasteiger partial charge in [0, 0.05) is 11.9 Å². The van der Waals surface area contributed by atoms with Crippen LogP contribution in [0.3, 0.4) is 0 Å². The van der Waals surface area contributed by atoms with Crippen LogP contribution >= 0.6 is 0 Å². The van der Waals surface area contributed by atoms with Gasteiger partial charge >= 0.3 is 17.8 Å². The van der Waals surface area contributed by atoms with Gasteiger partial charge in [0.05, 0.1) is 6.04 Å². The smallest absolute Gasteiger partial charge is 0.334 e. The lowest BCUT2D eigenvalue weighted by molar-refractivity contribution is -0.144. The lowest BCUT2D eigenvalue weighted by atomic mass is 10.2. The molecule has 3 rings (SSSR count). The van der Waals surface area contributed by atoms with Gasteiger partial charge < -0.3 is 9.73 Å². The third kappa shape index (κ3) is 2.98. The Morgan fingerprint density at radius 2 is 1.84 bits per heavy atom. The Hall–Kier alpha value is -3.16. The number of imide groups is 2. The predicted octanol–water partition coefficient (Wildman–Crippen LogP) is 1.42. The number of nitrogens with one attached hydrogen (secondary N) is 1. The summed E-state index contributed by atoms with van der Waals surface area (Å²) in [6.07, 6.45) is 0. The molecule has 1 fully saturated rings. The molecule has 5 amide bonds. The van der Waals surface area contributed by atoms with E-state index in [4.69, 9.17) is 4.42 Å². The first-order valence-corrected chi connectivity index (χ1v) is 7.87. The minimum atomic E-state index is -0.988. The van der Waals surface area contributed by atoms with Gasteiger partial charge in [-0.15, -0.1) is 0 Å².